The van der Waals surface area contributed by atoms with E-state index in [0.29, 0.717) is 20.0 Å². The molecule has 0 amide bonds. The van der Waals surface area contributed by atoms with Gasteiger partial charge < -0.3 is 19.6 Å². The van der Waals surface area contributed by atoms with E-state index in [1.165, 1.54) is 0 Å². The first-order valence-corrected chi connectivity index (χ1v) is 9.85. The maximum absolute atomic E-state index is 4.61. The van der Waals surface area contributed by atoms with Crippen LogP contribution in [0.2, 0.25) is 0 Å². The second kappa shape index (κ2) is 7.17. The Hall–Kier alpha value is -4.34. The molecule has 6 heterocycles. The van der Waals surface area contributed by atoms with Crippen LogP contribution in [-0.2, 0) is 0 Å². The van der Waals surface area contributed by atoms with Crippen molar-refractivity contribution in [2.75, 3.05) is 39.6 Å². The lowest BCUT2D eigenvalue weighted by Gasteiger charge is -2.27. The molecule has 10 heteroatoms. The number of fused-ring (bicyclic) bond motifs is 2. The molecule has 4 aromatic rings. The molecule has 2 aliphatic rings. The first-order valence-electron chi connectivity index (χ1n) is 9.85. The summed E-state index contributed by atoms with van der Waals surface area (Å²) in [5.74, 6) is 3.30. The summed E-state index contributed by atoms with van der Waals surface area (Å²) < 4.78 is 0. The molecule has 0 bridgehead atoms. The van der Waals surface area contributed by atoms with Crippen LogP contribution in [0.1, 0.15) is 0 Å². The molecule has 10 nitrogen and oxygen atoms in total. The number of rotatable bonds is 4. The standard InChI is InChI=1S/C21H18N10/c1-3-16(11-22-5-1)30-14-28(18-20(30)26-9-7-24-18)13-29-15-31(17-4-2-6-23-12-17)21-19(29)25-8-10-27-21/h1-12H,13-15H2. The molecular weight excluding hydrogens is 392 g/mol. The van der Waals surface area contributed by atoms with Crippen LogP contribution >= 0.6 is 0 Å². The maximum Gasteiger partial charge on any atom is 0.178 e. The minimum absolute atomic E-state index is 0.588. The minimum Gasteiger partial charge on any atom is -0.318 e. The Morgan fingerprint density at radius 3 is 1.45 bits per heavy atom. The van der Waals surface area contributed by atoms with Crippen LogP contribution in [0.3, 0.4) is 0 Å². The first-order chi connectivity index (χ1) is 15.4. The fourth-order valence-corrected chi connectivity index (χ4v) is 3.95. The molecular formula is C21H18N10. The van der Waals surface area contributed by atoms with E-state index in [2.05, 4.69) is 49.5 Å². The van der Waals surface area contributed by atoms with Crippen LogP contribution in [0.15, 0.2) is 73.8 Å². The van der Waals surface area contributed by atoms with E-state index in [9.17, 15) is 0 Å². The number of pyridine rings is 2. The number of aromatic nitrogens is 6. The highest BCUT2D eigenvalue weighted by Gasteiger charge is 2.35. The Morgan fingerprint density at radius 2 is 1.03 bits per heavy atom. The summed E-state index contributed by atoms with van der Waals surface area (Å²) in [7, 11) is 0. The van der Waals surface area contributed by atoms with Crippen molar-refractivity contribution in [3.63, 3.8) is 0 Å². The van der Waals surface area contributed by atoms with E-state index >= 15 is 0 Å². The molecule has 0 saturated carbocycles. The summed E-state index contributed by atoms with van der Waals surface area (Å²) in [6.07, 6.45) is 14.1. The zero-order valence-electron chi connectivity index (χ0n) is 16.5. The summed E-state index contributed by atoms with van der Waals surface area (Å²) in [5.41, 5.74) is 1.95. The van der Waals surface area contributed by atoms with E-state index < -0.39 is 0 Å². The molecule has 0 atom stereocenters. The third-order valence-electron chi connectivity index (χ3n) is 5.31. The Labute approximate surface area is 178 Å². The van der Waals surface area contributed by atoms with Crippen molar-refractivity contribution < 1.29 is 0 Å². The fourth-order valence-electron chi connectivity index (χ4n) is 3.95. The highest BCUT2D eigenvalue weighted by atomic mass is 15.5. The van der Waals surface area contributed by atoms with Crippen molar-refractivity contribution in [1.82, 2.24) is 29.9 Å². The van der Waals surface area contributed by atoms with Gasteiger partial charge in [0.05, 0.1) is 30.4 Å². The smallest absolute Gasteiger partial charge is 0.178 e. The lowest BCUT2D eigenvalue weighted by Crippen LogP contribution is -2.41. The van der Waals surface area contributed by atoms with Crippen molar-refractivity contribution in [2.24, 2.45) is 0 Å². The zero-order chi connectivity index (χ0) is 20.6. The van der Waals surface area contributed by atoms with Crippen LogP contribution in [-0.4, -0.2) is 49.9 Å². The normalized spacial score (nSPS) is 14.7. The average Bonchev–Trinajstić information content (AvgIpc) is 3.40. The van der Waals surface area contributed by atoms with E-state index in [-0.39, 0.29) is 0 Å². The Kier molecular flexibility index (Phi) is 4.05. The topological polar surface area (TPSA) is 90.3 Å². The van der Waals surface area contributed by atoms with Gasteiger partial charge in [-0.3, -0.25) is 9.97 Å². The molecule has 4 aromatic heterocycles. The van der Waals surface area contributed by atoms with Gasteiger partial charge in [0.1, 0.15) is 13.3 Å². The molecule has 152 valence electrons. The molecule has 0 saturated heterocycles. The van der Waals surface area contributed by atoms with Gasteiger partial charge in [-0.2, -0.15) is 0 Å². The minimum atomic E-state index is 0.588. The summed E-state index contributed by atoms with van der Waals surface area (Å²) >= 11 is 0. The van der Waals surface area contributed by atoms with Gasteiger partial charge in [-0.1, -0.05) is 0 Å². The van der Waals surface area contributed by atoms with Gasteiger partial charge in [0.15, 0.2) is 23.3 Å². The van der Waals surface area contributed by atoms with E-state index in [4.69, 9.17) is 0 Å². The lowest BCUT2D eigenvalue weighted by molar-refractivity contribution is 0.748. The molecule has 6 rings (SSSR count). The number of nitrogens with zero attached hydrogens (tertiary/aromatic N) is 10. The van der Waals surface area contributed by atoms with E-state index in [0.717, 1.165) is 34.6 Å². The van der Waals surface area contributed by atoms with Crippen molar-refractivity contribution >= 4 is 34.6 Å². The molecule has 31 heavy (non-hydrogen) atoms. The Balaban J connectivity index is 1.32. The largest absolute Gasteiger partial charge is 0.318 e. The fraction of sp³-hybridized carbons (Fsp3) is 0.143. The lowest BCUT2D eigenvalue weighted by atomic mass is 10.4. The van der Waals surface area contributed by atoms with Crippen LogP contribution < -0.4 is 19.6 Å². The van der Waals surface area contributed by atoms with Crippen molar-refractivity contribution in [1.29, 1.82) is 0 Å². The van der Waals surface area contributed by atoms with E-state index in [1.807, 2.05) is 36.7 Å². The van der Waals surface area contributed by atoms with Crippen molar-refractivity contribution in [3.05, 3.63) is 73.8 Å². The van der Waals surface area contributed by atoms with Gasteiger partial charge in [-0.25, -0.2) is 19.9 Å². The monoisotopic (exact) mass is 410 g/mol. The summed E-state index contributed by atoms with van der Waals surface area (Å²) in [6, 6.07) is 7.89. The van der Waals surface area contributed by atoms with Crippen LogP contribution in [0.25, 0.3) is 0 Å². The number of hydrogen-bond acceptors (Lipinski definition) is 10. The van der Waals surface area contributed by atoms with Gasteiger partial charge >= 0.3 is 0 Å². The highest BCUT2D eigenvalue weighted by molar-refractivity contribution is 5.79. The highest BCUT2D eigenvalue weighted by Crippen LogP contribution is 2.40. The second-order valence-corrected chi connectivity index (χ2v) is 7.19. The molecule has 0 N–H and O–H groups in total. The first kappa shape index (κ1) is 17.5. The van der Waals surface area contributed by atoms with Crippen LogP contribution in [0.4, 0.5) is 34.6 Å². The molecule has 0 spiro atoms. The molecule has 2 aliphatic heterocycles. The third kappa shape index (κ3) is 2.96. The summed E-state index contributed by atoms with van der Waals surface area (Å²) in [6.45, 7) is 1.82. The summed E-state index contributed by atoms with van der Waals surface area (Å²) in [4.78, 5) is 35.5. The molecule has 0 fully saturated rings. The van der Waals surface area contributed by atoms with Crippen molar-refractivity contribution in [3.8, 4) is 0 Å². The Bertz CT molecular complexity index is 1110. The van der Waals surface area contributed by atoms with Crippen LogP contribution in [0, 0.1) is 0 Å². The Morgan fingerprint density at radius 1 is 0.581 bits per heavy atom. The average molecular weight is 410 g/mol. The predicted molar refractivity (Wildman–Crippen MR) is 116 cm³/mol. The number of hydrogen-bond donors (Lipinski definition) is 0. The second-order valence-electron chi connectivity index (χ2n) is 7.19. The van der Waals surface area contributed by atoms with Crippen LogP contribution in [0.5, 0.6) is 0 Å². The molecule has 0 aromatic carbocycles. The maximum atomic E-state index is 4.61. The molecule has 0 aliphatic carbocycles. The van der Waals surface area contributed by atoms with Gasteiger partial charge in [0, 0.05) is 37.2 Å². The van der Waals surface area contributed by atoms with Gasteiger partial charge in [-0.15, -0.1) is 0 Å². The quantitative estimate of drug-likeness (QED) is 0.500. The molecule has 0 radical (unpaired) electrons. The van der Waals surface area contributed by atoms with Gasteiger partial charge in [0.25, 0.3) is 0 Å². The molecule has 0 unspecified atom stereocenters. The van der Waals surface area contributed by atoms with E-state index in [1.54, 1.807) is 37.2 Å². The predicted octanol–water partition coefficient (Wildman–Crippen LogP) is 2.55. The third-order valence-corrected chi connectivity index (χ3v) is 5.31. The SMILES string of the molecule is c1cncc(N2CN(CN3CN(c4cccnc4)c4nccnc43)c3nccnc32)c1. The van der Waals surface area contributed by atoms with Gasteiger partial charge in [-0.05, 0) is 24.3 Å². The summed E-state index contributed by atoms with van der Waals surface area (Å²) in [5, 5.41) is 0. The zero-order valence-corrected chi connectivity index (χ0v) is 16.5. The number of anilines is 6. The van der Waals surface area contributed by atoms with Crippen molar-refractivity contribution in [2.45, 2.75) is 0 Å². The van der Waals surface area contributed by atoms with Gasteiger partial charge in [0.2, 0.25) is 0 Å².